The zero-order valence-electron chi connectivity index (χ0n) is 13.5. The lowest BCUT2D eigenvalue weighted by atomic mass is 10.2. The molecule has 3 nitrogen and oxygen atoms in total. The Morgan fingerprint density at radius 3 is 2.65 bits per heavy atom. The third-order valence-electron chi connectivity index (χ3n) is 4.02. The third kappa shape index (κ3) is 3.26. The maximum atomic E-state index is 14.0. The second kappa shape index (κ2) is 6.98. The number of aromatic amines is 1. The SMILES string of the molecule is Fc1cccc(Cl)c1COc1ccc(Cl)cc1-c1nc2ccccc2[nH]1. The van der Waals surface area contributed by atoms with E-state index < -0.39 is 5.82 Å². The van der Waals surface area contributed by atoms with Gasteiger partial charge in [0.2, 0.25) is 0 Å². The molecule has 0 amide bonds. The number of hydrogen-bond acceptors (Lipinski definition) is 2. The van der Waals surface area contributed by atoms with Crippen LogP contribution < -0.4 is 4.74 Å². The Bertz CT molecular complexity index is 1040. The number of halogens is 3. The first-order chi connectivity index (χ1) is 12.6. The largest absolute Gasteiger partial charge is 0.488 e. The van der Waals surface area contributed by atoms with Gasteiger partial charge >= 0.3 is 0 Å². The molecule has 3 aromatic carbocycles. The van der Waals surface area contributed by atoms with Crippen molar-refractivity contribution < 1.29 is 9.13 Å². The van der Waals surface area contributed by atoms with Gasteiger partial charge in [0, 0.05) is 10.6 Å². The molecule has 0 atom stereocenters. The lowest BCUT2D eigenvalue weighted by Crippen LogP contribution is -2.01. The summed E-state index contributed by atoms with van der Waals surface area (Å²) in [7, 11) is 0. The Hall–Kier alpha value is -2.56. The first-order valence-corrected chi connectivity index (χ1v) is 8.68. The summed E-state index contributed by atoms with van der Waals surface area (Å²) in [6.45, 7) is 0.000365. The molecular weight excluding hydrogens is 374 g/mol. The van der Waals surface area contributed by atoms with Crippen molar-refractivity contribution in [3.05, 3.63) is 82.1 Å². The van der Waals surface area contributed by atoms with E-state index in [1.807, 2.05) is 24.3 Å². The maximum Gasteiger partial charge on any atom is 0.142 e. The standard InChI is InChI=1S/C20H13Cl2FN2O/c21-12-8-9-19(26-11-14-15(22)4-3-5-16(14)23)13(10-12)20-24-17-6-1-2-7-18(17)25-20/h1-10H,11H2,(H,24,25). The molecule has 0 spiro atoms. The molecule has 0 unspecified atom stereocenters. The second-order valence-electron chi connectivity index (χ2n) is 5.73. The van der Waals surface area contributed by atoms with Gasteiger partial charge in [-0.3, -0.25) is 0 Å². The topological polar surface area (TPSA) is 37.9 Å². The van der Waals surface area contributed by atoms with Crippen LogP contribution in [-0.4, -0.2) is 9.97 Å². The van der Waals surface area contributed by atoms with Crippen molar-refractivity contribution in [1.29, 1.82) is 0 Å². The van der Waals surface area contributed by atoms with E-state index in [2.05, 4.69) is 9.97 Å². The highest BCUT2D eigenvalue weighted by atomic mass is 35.5. The number of benzene rings is 3. The van der Waals surface area contributed by atoms with E-state index in [1.54, 1.807) is 30.3 Å². The minimum Gasteiger partial charge on any atom is -0.488 e. The van der Waals surface area contributed by atoms with E-state index in [4.69, 9.17) is 27.9 Å². The van der Waals surface area contributed by atoms with Crippen LogP contribution >= 0.6 is 23.2 Å². The Balaban J connectivity index is 1.71. The zero-order chi connectivity index (χ0) is 18.1. The number of nitrogens with one attached hydrogen (secondary N) is 1. The van der Waals surface area contributed by atoms with E-state index in [1.165, 1.54) is 6.07 Å². The van der Waals surface area contributed by atoms with Crippen molar-refractivity contribution >= 4 is 34.2 Å². The van der Waals surface area contributed by atoms with Gasteiger partial charge in [-0.25, -0.2) is 9.37 Å². The fourth-order valence-electron chi connectivity index (χ4n) is 2.71. The number of rotatable bonds is 4. The minimum absolute atomic E-state index is 0.000365. The summed E-state index contributed by atoms with van der Waals surface area (Å²) in [6.07, 6.45) is 0. The predicted octanol–water partition coefficient (Wildman–Crippen LogP) is 6.25. The molecule has 6 heteroatoms. The summed E-state index contributed by atoms with van der Waals surface area (Å²) in [5.41, 5.74) is 2.75. The summed E-state index contributed by atoms with van der Waals surface area (Å²) in [6, 6.07) is 17.5. The molecule has 0 aliphatic heterocycles. The third-order valence-corrected chi connectivity index (χ3v) is 4.61. The van der Waals surface area contributed by atoms with E-state index in [9.17, 15) is 4.39 Å². The van der Waals surface area contributed by atoms with E-state index >= 15 is 0 Å². The Labute approximate surface area is 159 Å². The van der Waals surface area contributed by atoms with Crippen LogP contribution in [-0.2, 0) is 6.61 Å². The van der Waals surface area contributed by atoms with Gasteiger partial charge in [0.15, 0.2) is 0 Å². The van der Waals surface area contributed by atoms with Crippen LogP contribution in [0, 0.1) is 5.82 Å². The highest BCUT2D eigenvalue weighted by molar-refractivity contribution is 6.31. The van der Waals surface area contributed by atoms with E-state index in [-0.39, 0.29) is 6.61 Å². The van der Waals surface area contributed by atoms with Crippen LogP contribution in [0.4, 0.5) is 4.39 Å². The molecule has 0 radical (unpaired) electrons. The Kier molecular flexibility index (Phi) is 4.53. The number of imidazole rings is 1. The van der Waals surface area contributed by atoms with E-state index in [0.717, 1.165) is 11.0 Å². The van der Waals surface area contributed by atoms with Crippen LogP contribution in [0.2, 0.25) is 10.0 Å². The average Bonchev–Trinajstić information content (AvgIpc) is 3.06. The van der Waals surface area contributed by atoms with Crippen molar-refractivity contribution in [2.75, 3.05) is 0 Å². The fraction of sp³-hybridized carbons (Fsp3) is 0.0500. The first-order valence-electron chi connectivity index (χ1n) is 7.92. The zero-order valence-corrected chi connectivity index (χ0v) is 15.0. The molecule has 1 N–H and O–H groups in total. The molecule has 0 saturated carbocycles. The first kappa shape index (κ1) is 16.9. The lowest BCUT2D eigenvalue weighted by molar-refractivity contribution is 0.301. The molecule has 26 heavy (non-hydrogen) atoms. The van der Waals surface area contributed by atoms with Crippen LogP contribution in [0.1, 0.15) is 5.56 Å². The summed E-state index contributed by atoms with van der Waals surface area (Å²) in [5, 5.41) is 0.876. The van der Waals surface area contributed by atoms with Gasteiger partial charge < -0.3 is 9.72 Å². The second-order valence-corrected chi connectivity index (χ2v) is 6.58. The number of fused-ring (bicyclic) bond motifs is 1. The molecule has 4 rings (SSSR count). The molecule has 0 aliphatic rings. The summed E-state index contributed by atoms with van der Waals surface area (Å²) in [5.74, 6) is 0.757. The molecule has 0 saturated heterocycles. The Morgan fingerprint density at radius 1 is 1.00 bits per heavy atom. The summed E-state index contributed by atoms with van der Waals surface area (Å²) in [4.78, 5) is 7.83. The number of H-pyrrole nitrogens is 1. The molecule has 0 fully saturated rings. The number of ether oxygens (including phenoxy) is 1. The fourth-order valence-corrected chi connectivity index (χ4v) is 3.10. The average molecular weight is 387 g/mol. The van der Waals surface area contributed by atoms with Crippen LogP contribution in [0.25, 0.3) is 22.4 Å². The molecule has 4 aromatic rings. The van der Waals surface area contributed by atoms with Crippen LogP contribution in [0.5, 0.6) is 5.75 Å². The summed E-state index contributed by atoms with van der Waals surface area (Å²) < 4.78 is 19.8. The number of nitrogens with zero attached hydrogens (tertiary/aromatic N) is 1. The predicted molar refractivity (Wildman–Crippen MR) is 102 cm³/mol. The van der Waals surface area contributed by atoms with Gasteiger partial charge in [0.25, 0.3) is 0 Å². The Morgan fingerprint density at radius 2 is 1.85 bits per heavy atom. The number of hydrogen-bond donors (Lipinski definition) is 1. The van der Waals surface area contributed by atoms with Crippen molar-refractivity contribution in [3.63, 3.8) is 0 Å². The number of para-hydroxylation sites is 2. The lowest BCUT2D eigenvalue weighted by Gasteiger charge is -2.12. The maximum absolute atomic E-state index is 14.0. The molecule has 0 aliphatic carbocycles. The smallest absolute Gasteiger partial charge is 0.142 e. The van der Waals surface area contributed by atoms with Crippen molar-refractivity contribution in [1.82, 2.24) is 9.97 Å². The van der Waals surface area contributed by atoms with Gasteiger partial charge in [-0.1, -0.05) is 41.4 Å². The van der Waals surface area contributed by atoms with Crippen molar-refractivity contribution in [2.24, 2.45) is 0 Å². The van der Waals surface area contributed by atoms with E-state index in [0.29, 0.717) is 32.7 Å². The van der Waals surface area contributed by atoms with Crippen molar-refractivity contribution in [2.45, 2.75) is 6.61 Å². The van der Waals surface area contributed by atoms with Gasteiger partial charge in [-0.2, -0.15) is 0 Å². The van der Waals surface area contributed by atoms with Crippen molar-refractivity contribution in [3.8, 4) is 17.1 Å². The van der Waals surface area contributed by atoms with Gasteiger partial charge in [-0.15, -0.1) is 0 Å². The van der Waals surface area contributed by atoms with Crippen LogP contribution in [0.15, 0.2) is 60.7 Å². The molecule has 0 bridgehead atoms. The molecule has 1 aromatic heterocycles. The van der Waals surface area contributed by atoms with Crippen LogP contribution in [0.3, 0.4) is 0 Å². The van der Waals surface area contributed by atoms with Gasteiger partial charge in [-0.05, 0) is 42.5 Å². The molecule has 130 valence electrons. The minimum atomic E-state index is -0.406. The quantitative estimate of drug-likeness (QED) is 0.449. The van der Waals surface area contributed by atoms with Gasteiger partial charge in [0.1, 0.15) is 24.0 Å². The highest BCUT2D eigenvalue weighted by Crippen LogP contribution is 2.33. The van der Waals surface area contributed by atoms with Gasteiger partial charge in [0.05, 0.1) is 21.6 Å². The molecular formula is C20H13Cl2FN2O. The molecule has 1 heterocycles. The summed E-state index contributed by atoms with van der Waals surface area (Å²) >= 11 is 12.2. The normalized spacial score (nSPS) is 11.0. The number of aromatic nitrogens is 2. The monoisotopic (exact) mass is 386 g/mol. The highest BCUT2D eigenvalue weighted by Gasteiger charge is 2.14.